The van der Waals surface area contributed by atoms with Crippen LogP contribution in [0.5, 0.6) is 0 Å². The highest BCUT2D eigenvalue weighted by molar-refractivity contribution is 6.33. The molecule has 0 bridgehead atoms. The van der Waals surface area contributed by atoms with Crippen molar-refractivity contribution in [3.05, 3.63) is 28.8 Å². The third-order valence-corrected chi connectivity index (χ3v) is 3.57. The second-order valence-corrected chi connectivity index (χ2v) is 4.96. The summed E-state index contributed by atoms with van der Waals surface area (Å²) in [5, 5.41) is 7.12. The minimum atomic E-state index is 0.737. The van der Waals surface area contributed by atoms with Crippen molar-refractivity contribution in [3.8, 4) is 0 Å². The summed E-state index contributed by atoms with van der Waals surface area (Å²) in [6.45, 7) is 9.09. The number of nitrogens with one attached hydrogen (secondary N) is 2. The molecule has 1 heterocycles. The van der Waals surface area contributed by atoms with Crippen LogP contribution in [0.1, 0.15) is 19.4 Å². The second kappa shape index (κ2) is 6.78. The van der Waals surface area contributed by atoms with Gasteiger partial charge < -0.3 is 10.6 Å². The van der Waals surface area contributed by atoms with Crippen molar-refractivity contribution in [3.63, 3.8) is 0 Å². The molecule has 1 aromatic carbocycles. The molecule has 0 atom stereocenters. The first kappa shape index (κ1) is 14.2. The molecule has 0 fully saturated rings. The molecule has 1 aliphatic heterocycles. The highest BCUT2D eigenvalue weighted by Crippen LogP contribution is 2.23. The van der Waals surface area contributed by atoms with Gasteiger partial charge in [0.1, 0.15) is 0 Å². The van der Waals surface area contributed by atoms with Crippen LogP contribution in [0.25, 0.3) is 0 Å². The number of aliphatic imine (C=N–C) groups is 1. The maximum Gasteiger partial charge on any atom is 0.195 e. The lowest BCUT2D eigenvalue weighted by molar-refractivity contribution is 0.296. The molecule has 0 amide bonds. The third kappa shape index (κ3) is 3.85. The van der Waals surface area contributed by atoms with Crippen molar-refractivity contribution in [1.82, 2.24) is 10.2 Å². The lowest BCUT2D eigenvalue weighted by Gasteiger charge is -2.18. The Bertz CT molecular complexity index is 455. The molecule has 0 aliphatic carbocycles. The van der Waals surface area contributed by atoms with Gasteiger partial charge in [-0.15, -0.1) is 0 Å². The van der Waals surface area contributed by atoms with Crippen LogP contribution in [-0.4, -0.2) is 37.0 Å². The topological polar surface area (TPSA) is 39.7 Å². The van der Waals surface area contributed by atoms with Gasteiger partial charge in [-0.2, -0.15) is 0 Å². The lowest BCUT2D eigenvalue weighted by atomic mass is 10.2. The van der Waals surface area contributed by atoms with Crippen LogP contribution < -0.4 is 10.6 Å². The van der Waals surface area contributed by atoms with Gasteiger partial charge in [0.05, 0.1) is 17.3 Å². The molecule has 104 valence electrons. The van der Waals surface area contributed by atoms with Gasteiger partial charge in [0.15, 0.2) is 5.96 Å². The van der Waals surface area contributed by atoms with Crippen LogP contribution in [0.3, 0.4) is 0 Å². The van der Waals surface area contributed by atoms with Gasteiger partial charge in [0.25, 0.3) is 0 Å². The highest BCUT2D eigenvalue weighted by atomic mass is 35.5. The van der Waals surface area contributed by atoms with Crippen molar-refractivity contribution in [2.75, 3.05) is 31.5 Å². The fourth-order valence-corrected chi connectivity index (χ4v) is 2.32. The van der Waals surface area contributed by atoms with E-state index in [1.807, 2.05) is 12.1 Å². The molecule has 4 nitrogen and oxygen atoms in total. The molecule has 5 heteroatoms. The Balaban J connectivity index is 2.03. The summed E-state index contributed by atoms with van der Waals surface area (Å²) in [7, 11) is 0. The molecular formula is C14H21ClN4. The van der Waals surface area contributed by atoms with Gasteiger partial charge >= 0.3 is 0 Å². The van der Waals surface area contributed by atoms with Crippen LogP contribution in [0.2, 0.25) is 5.02 Å². The molecule has 0 aromatic heterocycles. The molecule has 0 radical (unpaired) electrons. The van der Waals surface area contributed by atoms with E-state index in [0.717, 1.165) is 49.4 Å². The number of anilines is 1. The Labute approximate surface area is 119 Å². The van der Waals surface area contributed by atoms with E-state index >= 15 is 0 Å². The molecular weight excluding hydrogens is 260 g/mol. The number of rotatable bonds is 5. The number of hydrogen-bond donors (Lipinski definition) is 2. The van der Waals surface area contributed by atoms with E-state index in [9.17, 15) is 0 Å². The maximum atomic E-state index is 6.31. The zero-order chi connectivity index (χ0) is 13.7. The van der Waals surface area contributed by atoms with Crippen molar-refractivity contribution in [2.45, 2.75) is 20.4 Å². The minimum absolute atomic E-state index is 0.737. The second-order valence-electron chi connectivity index (χ2n) is 4.56. The van der Waals surface area contributed by atoms with E-state index in [4.69, 9.17) is 11.6 Å². The van der Waals surface area contributed by atoms with Crippen LogP contribution in [0.15, 0.2) is 23.2 Å². The molecule has 1 aromatic rings. The average molecular weight is 281 g/mol. The van der Waals surface area contributed by atoms with Crippen LogP contribution in [0.4, 0.5) is 5.69 Å². The summed E-state index contributed by atoms with van der Waals surface area (Å²) in [6, 6.07) is 6.16. The first-order chi connectivity index (χ1) is 9.22. The van der Waals surface area contributed by atoms with E-state index in [2.05, 4.69) is 40.4 Å². The fraction of sp³-hybridized carbons (Fsp3) is 0.500. The normalized spacial score (nSPS) is 14.4. The van der Waals surface area contributed by atoms with Crippen LogP contribution in [0, 0.1) is 0 Å². The molecule has 19 heavy (non-hydrogen) atoms. The number of halogens is 1. The van der Waals surface area contributed by atoms with E-state index < -0.39 is 0 Å². The van der Waals surface area contributed by atoms with Crippen LogP contribution >= 0.6 is 11.6 Å². The van der Waals surface area contributed by atoms with E-state index in [0.29, 0.717) is 0 Å². The molecule has 2 N–H and O–H groups in total. The van der Waals surface area contributed by atoms with Crippen LogP contribution in [-0.2, 0) is 6.54 Å². The van der Waals surface area contributed by atoms with Gasteiger partial charge in [0.2, 0.25) is 0 Å². The largest absolute Gasteiger partial charge is 0.354 e. The predicted molar refractivity (Wildman–Crippen MR) is 82.0 cm³/mol. The average Bonchev–Trinajstić information content (AvgIpc) is 2.92. The first-order valence-electron chi connectivity index (χ1n) is 6.79. The lowest BCUT2D eigenvalue weighted by Crippen LogP contribution is -2.26. The van der Waals surface area contributed by atoms with E-state index in [-0.39, 0.29) is 0 Å². The maximum absolute atomic E-state index is 6.31. The van der Waals surface area contributed by atoms with E-state index in [1.54, 1.807) is 0 Å². The molecule has 0 unspecified atom stereocenters. The van der Waals surface area contributed by atoms with E-state index in [1.165, 1.54) is 5.56 Å². The Hall–Kier alpha value is -1.26. The van der Waals surface area contributed by atoms with Crippen molar-refractivity contribution in [1.29, 1.82) is 0 Å². The fourth-order valence-electron chi connectivity index (χ4n) is 2.07. The molecule has 0 spiro atoms. The Kier molecular flexibility index (Phi) is 5.05. The number of hydrogen-bond acceptors (Lipinski definition) is 4. The Morgan fingerprint density at radius 1 is 1.37 bits per heavy atom. The molecule has 2 rings (SSSR count). The van der Waals surface area contributed by atoms with Gasteiger partial charge in [-0.25, -0.2) is 0 Å². The van der Waals surface area contributed by atoms with Gasteiger partial charge in [-0.1, -0.05) is 31.5 Å². The standard InChI is InChI=1S/C14H21ClN4/c1-3-19(4-2)10-11-5-6-13(12(15)9-11)18-14-16-7-8-17-14/h5-6,9H,3-4,7-8,10H2,1-2H3,(H2,16,17,18). The van der Waals surface area contributed by atoms with Crippen molar-refractivity contribution in [2.24, 2.45) is 4.99 Å². The summed E-state index contributed by atoms with van der Waals surface area (Å²) in [4.78, 5) is 6.66. The molecule has 1 aliphatic rings. The quantitative estimate of drug-likeness (QED) is 0.871. The summed E-state index contributed by atoms with van der Waals surface area (Å²) in [5.41, 5.74) is 2.14. The Morgan fingerprint density at radius 2 is 2.16 bits per heavy atom. The summed E-state index contributed by atoms with van der Waals surface area (Å²) in [5.74, 6) is 0.804. The van der Waals surface area contributed by atoms with Gasteiger partial charge in [-0.05, 0) is 30.8 Å². The molecule has 0 saturated heterocycles. The zero-order valence-electron chi connectivity index (χ0n) is 11.5. The summed E-state index contributed by atoms with van der Waals surface area (Å²) < 4.78 is 0. The SMILES string of the molecule is CCN(CC)Cc1ccc(NC2=NCCN2)c(Cl)c1. The zero-order valence-corrected chi connectivity index (χ0v) is 12.3. The highest BCUT2D eigenvalue weighted by Gasteiger charge is 2.09. The van der Waals surface area contributed by atoms with Gasteiger partial charge in [-0.3, -0.25) is 9.89 Å². The monoisotopic (exact) mass is 280 g/mol. The van der Waals surface area contributed by atoms with Crippen molar-refractivity contribution < 1.29 is 0 Å². The number of benzene rings is 1. The Morgan fingerprint density at radius 3 is 2.74 bits per heavy atom. The smallest absolute Gasteiger partial charge is 0.195 e. The predicted octanol–water partition coefficient (Wildman–Crippen LogP) is 2.55. The minimum Gasteiger partial charge on any atom is -0.354 e. The summed E-state index contributed by atoms with van der Waals surface area (Å²) in [6.07, 6.45) is 0. The molecule has 0 saturated carbocycles. The summed E-state index contributed by atoms with van der Waals surface area (Å²) >= 11 is 6.31. The number of guanidine groups is 1. The third-order valence-electron chi connectivity index (χ3n) is 3.26. The van der Waals surface area contributed by atoms with Gasteiger partial charge in [0, 0.05) is 13.1 Å². The first-order valence-corrected chi connectivity index (χ1v) is 7.16. The number of nitrogens with zero attached hydrogens (tertiary/aromatic N) is 2. The van der Waals surface area contributed by atoms with Crippen molar-refractivity contribution >= 4 is 23.2 Å².